The molecular weight excluding hydrogens is 762 g/mol. The van der Waals surface area contributed by atoms with E-state index in [0.29, 0.717) is 12.8 Å². The lowest BCUT2D eigenvalue weighted by Gasteiger charge is -2.15. The summed E-state index contributed by atoms with van der Waals surface area (Å²) < 4.78 is 26.8. The van der Waals surface area contributed by atoms with Gasteiger partial charge in [-0.1, -0.05) is 202 Å². The minimum atomic E-state index is -4.44. The van der Waals surface area contributed by atoms with Crippen LogP contribution in [0.2, 0.25) is 0 Å². The number of phosphoric acid groups is 1. The molecule has 0 radical (unpaired) electrons. The van der Waals surface area contributed by atoms with Gasteiger partial charge in [0, 0.05) is 13.0 Å². The van der Waals surface area contributed by atoms with E-state index in [1.807, 2.05) is 12.2 Å². The Labute approximate surface area is 360 Å². The van der Waals surface area contributed by atoms with Gasteiger partial charge in [-0.05, 0) is 51.4 Å². The van der Waals surface area contributed by atoms with E-state index >= 15 is 0 Å². The van der Waals surface area contributed by atoms with Gasteiger partial charge in [0.05, 0.1) is 19.6 Å². The van der Waals surface area contributed by atoms with Gasteiger partial charge in [0.1, 0.15) is 12.7 Å². The summed E-state index contributed by atoms with van der Waals surface area (Å²) in [6.07, 6.45) is 56.8. The number of nitrogens with one attached hydrogen (secondary N) is 1. The van der Waals surface area contributed by atoms with Crippen molar-refractivity contribution in [1.82, 2.24) is 5.32 Å². The number of aliphatic hydroxyl groups excluding tert-OH is 1. The molecule has 0 saturated carbocycles. The minimum Gasteiger partial charge on any atom is -0.463 e. The first-order valence-corrected chi connectivity index (χ1v) is 24.6. The van der Waals surface area contributed by atoms with Crippen LogP contribution in [0.1, 0.15) is 181 Å². The molecule has 2 atom stereocenters. The van der Waals surface area contributed by atoms with Crippen molar-refractivity contribution in [3.8, 4) is 0 Å². The average molecular weight is 846 g/mol. The summed E-state index contributed by atoms with van der Waals surface area (Å²) in [6.45, 7) is 3.33. The molecule has 2 unspecified atom stereocenters. The number of esters is 1. The highest BCUT2D eigenvalue weighted by Crippen LogP contribution is 2.42. The average Bonchev–Trinajstić information content (AvgIpc) is 3.22. The van der Waals surface area contributed by atoms with E-state index in [1.54, 1.807) is 6.08 Å². The molecule has 59 heavy (non-hydrogen) atoms. The summed E-state index contributed by atoms with van der Waals surface area (Å²) in [5, 5.41) is 12.7. The zero-order chi connectivity index (χ0) is 43.2. The van der Waals surface area contributed by atoms with Crippen LogP contribution >= 0.6 is 7.82 Å². The highest BCUT2D eigenvalue weighted by molar-refractivity contribution is 7.47. The zero-order valence-electron chi connectivity index (χ0n) is 37.2. The summed E-state index contributed by atoms with van der Waals surface area (Å²) in [5.74, 6) is -0.652. The number of allylic oxidation sites excluding steroid dienone is 13. The molecule has 338 valence electrons. The molecule has 0 fully saturated rings. The van der Waals surface area contributed by atoms with Crippen LogP contribution in [0.5, 0.6) is 0 Å². The number of hydrogen-bond acceptors (Lipinski definition) is 7. The Hall–Kier alpha value is -2.81. The molecule has 0 aromatic carbocycles. The molecule has 10 heteroatoms. The van der Waals surface area contributed by atoms with E-state index in [4.69, 9.17) is 13.8 Å². The van der Waals surface area contributed by atoms with Crippen molar-refractivity contribution in [3.63, 3.8) is 0 Å². The number of ether oxygens (including phenoxy) is 1. The third-order valence-electron chi connectivity index (χ3n) is 9.37. The Morgan fingerprint density at radius 3 is 1.36 bits per heavy atom. The minimum absolute atomic E-state index is 0.0447. The van der Waals surface area contributed by atoms with Crippen molar-refractivity contribution >= 4 is 19.7 Å². The first-order chi connectivity index (χ1) is 28.8. The number of unbranched alkanes of at least 4 members (excludes halogenated alkanes) is 16. The first kappa shape index (κ1) is 56.2. The van der Waals surface area contributed by atoms with E-state index in [2.05, 4.69) is 86.0 Å². The Kier molecular flexibility index (Phi) is 42.6. The van der Waals surface area contributed by atoms with Gasteiger partial charge in [0.15, 0.2) is 0 Å². The summed E-state index contributed by atoms with van der Waals surface area (Å²) >= 11 is 0. The number of hydrogen-bond donors (Lipinski definition) is 3. The predicted molar refractivity (Wildman–Crippen MR) is 247 cm³/mol. The largest absolute Gasteiger partial charge is 0.472 e. The summed E-state index contributed by atoms with van der Waals surface area (Å²) in [7, 11) is -4.44. The predicted octanol–water partition coefficient (Wildman–Crippen LogP) is 13.2. The van der Waals surface area contributed by atoms with Crippen LogP contribution in [0.15, 0.2) is 85.1 Å². The topological polar surface area (TPSA) is 131 Å². The molecule has 0 aromatic rings. The molecule has 3 N–H and O–H groups in total. The number of aliphatic hydroxyl groups is 1. The van der Waals surface area contributed by atoms with Gasteiger partial charge in [-0.15, -0.1) is 0 Å². The standard InChI is InChI=1S/C49H84NO8P/c1-3-5-7-9-11-13-15-17-19-21-22-23-24-26-28-30-32-34-36-38-40-42-49(53)56-45-47(51)46-58-59(54,55)57-44-43-50-48(52)41-39-37-35-33-31-29-27-25-20-18-16-14-12-10-8-6-4-2/h5,7,11,13,17,19,22-23,26,28,32,34,38,40,47,51H,3-4,6,8-10,12,14-16,18,20-21,24-25,27,29-31,33,35-37,39,41-46H2,1-2H3,(H,50,52)(H,54,55)/b7-5-,13-11-,19-17-,23-22-,28-26-,34-32-,40-38-. The Bertz CT molecular complexity index is 1240. The third-order valence-corrected chi connectivity index (χ3v) is 10.4. The van der Waals surface area contributed by atoms with E-state index in [0.717, 1.165) is 57.8 Å². The molecule has 9 nitrogen and oxygen atoms in total. The van der Waals surface area contributed by atoms with Gasteiger partial charge in [-0.2, -0.15) is 0 Å². The van der Waals surface area contributed by atoms with Crippen LogP contribution in [0, 0.1) is 0 Å². The van der Waals surface area contributed by atoms with E-state index in [-0.39, 0.29) is 32.1 Å². The van der Waals surface area contributed by atoms with Gasteiger partial charge in [0.2, 0.25) is 5.91 Å². The lowest BCUT2D eigenvalue weighted by atomic mass is 10.0. The van der Waals surface area contributed by atoms with Gasteiger partial charge in [0.25, 0.3) is 0 Å². The molecule has 0 aromatic heterocycles. The lowest BCUT2D eigenvalue weighted by Crippen LogP contribution is -2.27. The fraction of sp³-hybridized carbons (Fsp3) is 0.673. The van der Waals surface area contributed by atoms with Crippen molar-refractivity contribution in [2.45, 2.75) is 187 Å². The fourth-order valence-corrected chi connectivity index (χ4v) is 6.69. The quantitative estimate of drug-likeness (QED) is 0.0240. The van der Waals surface area contributed by atoms with Crippen LogP contribution < -0.4 is 5.32 Å². The number of phosphoric ester groups is 1. The van der Waals surface area contributed by atoms with Crippen molar-refractivity contribution in [1.29, 1.82) is 0 Å². The zero-order valence-corrected chi connectivity index (χ0v) is 38.1. The molecule has 0 spiro atoms. The Balaban J connectivity index is 3.72. The Morgan fingerprint density at radius 1 is 0.542 bits per heavy atom. The first-order valence-electron chi connectivity index (χ1n) is 23.1. The SMILES string of the molecule is CC/C=C\C/C=C\C/C=C\C/C=C\C/C=C\C/C=C\C/C=C\CC(=O)OCC(O)COP(=O)(O)OCCNC(=O)CCCCCCCCCCCCCCCCCCC. The second-order valence-electron chi connectivity index (χ2n) is 15.0. The molecule has 0 saturated heterocycles. The smallest absolute Gasteiger partial charge is 0.463 e. The maximum Gasteiger partial charge on any atom is 0.472 e. The maximum absolute atomic E-state index is 12.1. The third kappa shape index (κ3) is 46.1. The second-order valence-corrected chi connectivity index (χ2v) is 16.5. The molecule has 0 aliphatic heterocycles. The fourth-order valence-electron chi connectivity index (χ4n) is 5.94. The summed E-state index contributed by atoms with van der Waals surface area (Å²) in [4.78, 5) is 33.9. The normalized spacial score (nSPS) is 14.0. The molecule has 1 amide bonds. The van der Waals surface area contributed by atoms with Crippen LogP contribution in [-0.2, 0) is 27.9 Å². The van der Waals surface area contributed by atoms with Crippen LogP contribution in [0.4, 0.5) is 0 Å². The van der Waals surface area contributed by atoms with Gasteiger partial charge >= 0.3 is 13.8 Å². The van der Waals surface area contributed by atoms with Crippen LogP contribution in [-0.4, -0.2) is 54.3 Å². The maximum atomic E-state index is 12.1. The van der Waals surface area contributed by atoms with Gasteiger partial charge < -0.3 is 20.1 Å². The molecule has 0 bridgehead atoms. The molecular formula is C49H84NO8P. The van der Waals surface area contributed by atoms with E-state index in [9.17, 15) is 24.2 Å². The number of amides is 1. The van der Waals surface area contributed by atoms with Gasteiger partial charge in [-0.25, -0.2) is 4.57 Å². The number of rotatable bonds is 42. The Morgan fingerprint density at radius 2 is 0.932 bits per heavy atom. The van der Waals surface area contributed by atoms with Crippen molar-refractivity contribution in [2.75, 3.05) is 26.4 Å². The van der Waals surface area contributed by atoms with Crippen LogP contribution in [0.3, 0.4) is 0 Å². The summed E-state index contributed by atoms with van der Waals surface area (Å²) in [6, 6.07) is 0. The van der Waals surface area contributed by atoms with E-state index < -0.39 is 26.5 Å². The number of carbonyl (C=O) groups excluding carboxylic acids is 2. The molecule has 0 heterocycles. The highest BCUT2D eigenvalue weighted by Gasteiger charge is 2.23. The van der Waals surface area contributed by atoms with Crippen molar-refractivity contribution in [3.05, 3.63) is 85.1 Å². The highest BCUT2D eigenvalue weighted by atomic mass is 31.2. The van der Waals surface area contributed by atoms with Crippen molar-refractivity contribution in [2.24, 2.45) is 0 Å². The van der Waals surface area contributed by atoms with Crippen LogP contribution in [0.25, 0.3) is 0 Å². The van der Waals surface area contributed by atoms with Gasteiger partial charge in [-0.3, -0.25) is 18.6 Å². The second kappa shape index (κ2) is 44.7. The monoisotopic (exact) mass is 846 g/mol. The van der Waals surface area contributed by atoms with E-state index in [1.165, 1.54) is 89.9 Å². The molecule has 0 aliphatic rings. The summed E-state index contributed by atoms with van der Waals surface area (Å²) in [5.41, 5.74) is 0. The molecule has 0 aliphatic carbocycles. The lowest BCUT2D eigenvalue weighted by molar-refractivity contribution is -0.146. The number of carbonyl (C=O) groups is 2. The van der Waals surface area contributed by atoms with Crippen molar-refractivity contribution < 1.29 is 37.9 Å². The molecule has 0 rings (SSSR count).